The van der Waals surface area contributed by atoms with Crippen molar-refractivity contribution in [3.63, 3.8) is 0 Å². The number of hydrogen-bond acceptors (Lipinski definition) is 6. The summed E-state index contributed by atoms with van der Waals surface area (Å²) in [7, 11) is -2.56. The maximum absolute atomic E-state index is 11.4. The molecule has 0 atom stereocenters. The molecule has 0 radical (unpaired) electrons. The third kappa shape index (κ3) is 3.02. The first-order valence-corrected chi connectivity index (χ1v) is 7.24. The Labute approximate surface area is 116 Å². The van der Waals surface area contributed by atoms with Crippen molar-refractivity contribution in [1.29, 1.82) is 0 Å². The van der Waals surface area contributed by atoms with Gasteiger partial charge in [0.2, 0.25) is 17.7 Å². The normalized spacial score (nSPS) is 10.9. The Morgan fingerprint density at radius 3 is 2.65 bits per heavy atom. The number of carbonyl (C=O) groups is 1. The van der Waals surface area contributed by atoms with Crippen molar-refractivity contribution in [1.82, 2.24) is 10.2 Å². The third-order valence-corrected chi connectivity index (χ3v) is 3.28. The van der Waals surface area contributed by atoms with Gasteiger partial charge in [-0.2, -0.15) is 0 Å². The molecule has 2 rings (SSSR count). The van der Waals surface area contributed by atoms with Crippen molar-refractivity contribution in [3.8, 4) is 11.5 Å². The van der Waals surface area contributed by atoms with E-state index in [-0.39, 0.29) is 17.2 Å². The molecule has 1 aromatic heterocycles. The molecule has 8 heteroatoms. The molecule has 0 spiro atoms. The van der Waals surface area contributed by atoms with Crippen molar-refractivity contribution in [3.05, 3.63) is 35.2 Å². The van der Waals surface area contributed by atoms with Crippen LogP contribution in [0.25, 0.3) is 11.5 Å². The summed E-state index contributed by atoms with van der Waals surface area (Å²) in [5.74, 6) is -0.195. The van der Waals surface area contributed by atoms with Gasteiger partial charge < -0.3 is 10.2 Å². The molecule has 0 saturated carbocycles. The highest BCUT2D eigenvalue weighted by molar-refractivity contribution is 7.71. The van der Waals surface area contributed by atoms with Gasteiger partial charge in [-0.3, -0.25) is 4.79 Å². The summed E-state index contributed by atoms with van der Waals surface area (Å²) in [5.41, 5.74) is 6.38. The number of primary amides is 1. The smallest absolute Gasteiger partial charge is 0.249 e. The second kappa shape index (κ2) is 5.83. The van der Waals surface area contributed by atoms with Crippen LogP contribution in [-0.2, 0) is 22.9 Å². The Morgan fingerprint density at radius 1 is 1.35 bits per heavy atom. The molecule has 0 aliphatic rings. The van der Waals surface area contributed by atoms with E-state index >= 15 is 0 Å². The van der Waals surface area contributed by atoms with Crippen molar-refractivity contribution < 1.29 is 17.6 Å². The summed E-state index contributed by atoms with van der Waals surface area (Å²) < 4.78 is 26.9. The molecule has 0 saturated heterocycles. The monoisotopic (exact) mass is 295 g/mol. The van der Waals surface area contributed by atoms with E-state index in [4.69, 9.17) is 10.2 Å². The second-order valence-corrected chi connectivity index (χ2v) is 5.07. The number of benzene rings is 1. The van der Waals surface area contributed by atoms with Crippen molar-refractivity contribution in [2.45, 2.75) is 19.1 Å². The molecule has 0 bridgehead atoms. The SMILES string of the molecule is CCc1nnc(-c2cc(C[SH](=O)=O)ccc2C(N)=O)o1. The molecule has 0 aliphatic carbocycles. The van der Waals surface area contributed by atoms with Gasteiger partial charge in [0.1, 0.15) is 10.7 Å². The van der Waals surface area contributed by atoms with Gasteiger partial charge in [-0.25, -0.2) is 8.42 Å². The Bertz CT molecular complexity index is 713. The van der Waals surface area contributed by atoms with Crippen LogP contribution >= 0.6 is 0 Å². The molecule has 106 valence electrons. The molecular weight excluding hydrogens is 282 g/mol. The fourth-order valence-electron chi connectivity index (χ4n) is 1.74. The average molecular weight is 295 g/mol. The zero-order valence-electron chi connectivity index (χ0n) is 10.7. The standard InChI is InChI=1S/C12H13N3O4S/c1-2-10-14-15-12(19-10)9-5-7(6-20(17)18)3-4-8(9)11(13)16/h3-5,20H,2,6H2,1H3,(H2,13,16). The molecule has 0 unspecified atom stereocenters. The minimum Gasteiger partial charge on any atom is -0.421 e. The molecule has 0 fully saturated rings. The van der Waals surface area contributed by atoms with E-state index in [0.29, 0.717) is 23.4 Å². The first kappa shape index (κ1) is 14.2. The average Bonchev–Trinajstić information content (AvgIpc) is 2.86. The first-order valence-electron chi connectivity index (χ1n) is 5.88. The van der Waals surface area contributed by atoms with Crippen molar-refractivity contribution >= 4 is 16.6 Å². The molecular formula is C12H13N3O4S. The number of aryl methyl sites for hydroxylation is 1. The fraction of sp³-hybridized carbons (Fsp3) is 0.250. The van der Waals surface area contributed by atoms with E-state index in [1.165, 1.54) is 18.2 Å². The van der Waals surface area contributed by atoms with Crippen LogP contribution in [0.15, 0.2) is 22.6 Å². The largest absolute Gasteiger partial charge is 0.421 e. The lowest BCUT2D eigenvalue weighted by Crippen LogP contribution is -2.12. The number of nitrogens with two attached hydrogens (primary N) is 1. The van der Waals surface area contributed by atoms with E-state index < -0.39 is 16.6 Å². The van der Waals surface area contributed by atoms with Crippen LogP contribution in [0.2, 0.25) is 0 Å². The summed E-state index contributed by atoms with van der Waals surface area (Å²) in [4.78, 5) is 11.4. The van der Waals surface area contributed by atoms with Gasteiger partial charge in [-0.05, 0) is 17.7 Å². The van der Waals surface area contributed by atoms with Gasteiger partial charge >= 0.3 is 0 Å². The lowest BCUT2D eigenvalue weighted by atomic mass is 10.0. The quantitative estimate of drug-likeness (QED) is 0.776. The molecule has 1 amide bonds. The van der Waals surface area contributed by atoms with Crippen LogP contribution in [0.1, 0.15) is 28.7 Å². The number of amides is 1. The predicted octanol–water partition coefficient (Wildman–Crippen LogP) is 0.509. The van der Waals surface area contributed by atoms with Gasteiger partial charge in [-0.15, -0.1) is 10.2 Å². The van der Waals surface area contributed by atoms with Gasteiger partial charge in [0.25, 0.3) is 0 Å². The topological polar surface area (TPSA) is 116 Å². The second-order valence-electron chi connectivity index (χ2n) is 4.09. The Morgan fingerprint density at radius 2 is 2.10 bits per heavy atom. The van der Waals surface area contributed by atoms with Crippen LogP contribution in [0.5, 0.6) is 0 Å². The van der Waals surface area contributed by atoms with E-state index in [1.807, 2.05) is 6.92 Å². The number of hydrogen-bond donors (Lipinski definition) is 2. The summed E-state index contributed by atoms with van der Waals surface area (Å²) in [6.07, 6.45) is 0.561. The summed E-state index contributed by atoms with van der Waals surface area (Å²) in [5, 5.41) is 7.66. The lowest BCUT2D eigenvalue weighted by molar-refractivity contribution is 0.100. The molecule has 0 aliphatic heterocycles. The fourth-order valence-corrected chi connectivity index (χ4v) is 2.23. The Kier molecular flexibility index (Phi) is 4.14. The van der Waals surface area contributed by atoms with E-state index in [0.717, 1.165) is 0 Å². The van der Waals surface area contributed by atoms with E-state index in [9.17, 15) is 13.2 Å². The van der Waals surface area contributed by atoms with Crippen LogP contribution in [0.4, 0.5) is 0 Å². The number of carbonyl (C=O) groups excluding carboxylic acids is 1. The van der Waals surface area contributed by atoms with E-state index in [2.05, 4.69) is 10.2 Å². The highest BCUT2D eigenvalue weighted by Gasteiger charge is 2.16. The minimum absolute atomic E-state index is 0.129. The highest BCUT2D eigenvalue weighted by Crippen LogP contribution is 2.24. The summed E-state index contributed by atoms with van der Waals surface area (Å²) in [6.45, 7) is 1.85. The molecule has 2 aromatic rings. The molecule has 2 N–H and O–H groups in total. The first-order chi connectivity index (χ1) is 9.51. The minimum atomic E-state index is -2.56. The molecule has 7 nitrogen and oxygen atoms in total. The van der Waals surface area contributed by atoms with Crippen LogP contribution < -0.4 is 5.73 Å². The number of thiol groups is 1. The maximum Gasteiger partial charge on any atom is 0.249 e. The Balaban J connectivity index is 2.54. The number of nitrogens with zero attached hydrogens (tertiary/aromatic N) is 2. The van der Waals surface area contributed by atoms with Crippen molar-refractivity contribution in [2.75, 3.05) is 0 Å². The van der Waals surface area contributed by atoms with Gasteiger partial charge in [-0.1, -0.05) is 13.0 Å². The molecule has 1 heterocycles. The number of aromatic nitrogens is 2. The zero-order chi connectivity index (χ0) is 14.7. The predicted molar refractivity (Wildman–Crippen MR) is 71.6 cm³/mol. The maximum atomic E-state index is 11.4. The third-order valence-electron chi connectivity index (χ3n) is 2.66. The molecule has 1 aromatic carbocycles. The van der Waals surface area contributed by atoms with Crippen molar-refractivity contribution in [2.24, 2.45) is 5.73 Å². The van der Waals surface area contributed by atoms with E-state index in [1.54, 1.807) is 0 Å². The van der Waals surface area contributed by atoms with Crippen LogP contribution in [0.3, 0.4) is 0 Å². The lowest BCUT2D eigenvalue weighted by Gasteiger charge is -2.04. The van der Waals surface area contributed by atoms with Crippen LogP contribution in [-0.4, -0.2) is 24.5 Å². The van der Waals surface area contributed by atoms with Gasteiger partial charge in [0, 0.05) is 6.42 Å². The van der Waals surface area contributed by atoms with Crippen LogP contribution in [0, 0.1) is 0 Å². The Hall–Kier alpha value is -2.22. The molecule has 20 heavy (non-hydrogen) atoms. The summed E-state index contributed by atoms with van der Waals surface area (Å²) >= 11 is 0. The zero-order valence-corrected chi connectivity index (χ0v) is 11.6. The number of rotatable bonds is 5. The summed E-state index contributed by atoms with van der Waals surface area (Å²) in [6, 6.07) is 4.52. The van der Waals surface area contributed by atoms with Gasteiger partial charge in [0.15, 0.2) is 0 Å². The van der Waals surface area contributed by atoms with Gasteiger partial charge in [0.05, 0.1) is 16.9 Å². The highest BCUT2D eigenvalue weighted by atomic mass is 32.2.